The first kappa shape index (κ1) is 11.6. The molecule has 0 N–H and O–H groups in total. The first-order valence-electron chi connectivity index (χ1n) is 5.22. The molecule has 0 bridgehead atoms. The normalized spacial score (nSPS) is 11.1. The SMILES string of the molecule is CC(C)Cc1cnnn1CCCCS. The summed E-state index contributed by atoms with van der Waals surface area (Å²) in [6.45, 7) is 5.40. The number of thiol groups is 1. The van der Waals surface area contributed by atoms with E-state index >= 15 is 0 Å². The van der Waals surface area contributed by atoms with Crippen LogP contribution in [0.1, 0.15) is 32.4 Å². The smallest absolute Gasteiger partial charge is 0.0725 e. The van der Waals surface area contributed by atoms with Gasteiger partial charge in [-0.1, -0.05) is 19.1 Å². The van der Waals surface area contributed by atoms with Crippen LogP contribution in [0, 0.1) is 5.92 Å². The fraction of sp³-hybridized carbons (Fsp3) is 0.800. The van der Waals surface area contributed by atoms with Gasteiger partial charge in [-0.2, -0.15) is 12.6 Å². The van der Waals surface area contributed by atoms with E-state index in [2.05, 4.69) is 36.8 Å². The molecule has 0 fully saturated rings. The maximum Gasteiger partial charge on any atom is 0.0725 e. The molecule has 0 radical (unpaired) electrons. The van der Waals surface area contributed by atoms with Gasteiger partial charge in [-0.3, -0.25) is 0 Å². The first-order chi connectivity index (χ1) is 6.74. The number of nitrogens with zero attached hydrogens (tertiary/aromatic N) is 3. The predicted octanol–water partition coefficient (Wildman–Crippen LogP) is 2.19. The summed E-state index contributed by atoms with van der Waals surface area (Å²) in [5, 5.41) is 8.03. The van der Waals surface area contributed by atoms with E-state index in [0.717, 1.165) is 31.6 Å². The van der Waals surface area contributed by atoms with Crippen LogP contribution >= 0.6 is 12.6 Å². The van der Waals surface area contributed by atoms with E-state index < -0.39 is 0 Å². The Kier molecular flexibility index (Phi) is 5.01. The molecule has 1 aromatic heterocycles. The molecular weight excluding hydrogens is 194 g/mol. The van der Waals surface area contributed by atoms with Gasteiger partial charge in [-0.05, 0) is 30.9 Å². The summed E-state index contributed by atoms with van der Waals surface area (Å²) in [5.74, 6) is 1.62. The predicted molar refractivity (Wildman–Crippen MR) is 61.7 cm³/mol. The zero-order valence-corrected chi connectivity index (χ0v) is 9.87. The second-order valence-electron chi connectivity index (χ2n) is 3.98. The van der Waals surface area contributed by atoms with Crippen LogP contribution in [0.2, 0.25) is 0 Å². The van der Waals surface area contributed by atoms with Crippen molar-refractivity contribution in [2.45, 2.75) is 39.7 Å². The van der Waals surface area contributed by atoms with Gasteiger partial charge in [-0.15, -0.1) is 5.10 Å². The van der Waals surface area contributed by atoms with Gasteiger partial charge in [-0.25, -0.2) is 4.68 Å². The van der Waals surface area contributed by atoms with Crippen LogP contribution < -0.4 is 0 Å². The fourth-order valence-corrected chi connectivity index (χ4v) is 1.64. The Morgan fingerprint density at radius 1 is 1.43 bits per heavy atom. The molecule has 0 unspecified atom stereocenters. The van der Waals surface area contributed by atoms with Crippen LogP contribution in [0.4, 0.5) is 0 Å². The lowest BCUT2D eigenvalue weighted by molar-refractivity contribution is 0.512. The summed E-state index contributed by atoms with van der Waals surface area (Å²) in [5.41, 5.74) is 1.25. The van der Waals surface area contributed by atoms with Crippen molar-refractivity contribution in [1.82, 2.24) is 15.0 Å². The summed E-state index contributed by atoms with van der Waals surface area (Å²) in [7, 11) is 0. The van der Waals surface area contributed by atoms with Gasteiger partial charge in [0.25, 0.3) is 0 Å². The van der Waals surface area contributed by atoms with E-state index in [4.69, 9.17) is 0 Å². The van der Waals surface area contributed by atoms with Crippen molar-refractivity contribution in [1.29, 1.82) is 0 Å². The second-order valence-corrected chi connectivity index (χ2v) is 4.42. The lowest BCUT2D eigenvalue weighted by Gasteiger charge is -2.07. The summed E-state index contributed by atoms with van der Waals surface area (Å²) in [4.78, 5) is 0. The van der Waals surface area contributed by atoms with Gasteiger partial charge in [0.2, 0.25) is 0 Å². The van der Waals surface area contributed by atoms with Crippen molar-refractivity contribution < 1.29 is 0 Å². The average Bonchev–Trinajstić information content (AvgIpc) is 2.52. The summed E-state index contributed by atoms with van der Waals surface area (Å²) < 4.78 is 2.02. The van der Waals surface area contributed by atoms with Crippen LogP contribution in [-0.2, 0) is 13.0 Å². The molecule has 0 aliphatic carbocycles. The number of aryl methyl sites for hydroxylation is 1. The maximum absolute atomic E-state index is 4.19. The lowest BCUT2D eigenvalue weighted by atomic mass is 10.1. The molecule has 3 nitrogen and oxygen atoms in total. The van der Waals surface area contributed by atoms with Crippen molar-refractivity contribution in [3.8, 4) is 0 Å². The zero-order valence-electron chi connectivity index (χ0n) is 8.98. The topological polar surface area (TPSA) is 30.7 Å². The van der Waals surface area contributed by atoms with Gasteiger partial charge >= 0.3 is 0 Å². The highest BCUT2D eigenvalue weighted by atomic mass is 32.1. The minimum atomic E-state index is 0.664. The Labute approximate surface area is 91.3 Å². The number of hydrogen-bond donors (Lipinski definition) is 1. The maximum atomic E-state index is 4.19. The summed E-state index contributed by atoms with van der Waals surface area (Å²) in [6.07, 6.45) is 5.22. The third-order valence-corrected chi connectivity index (χ3v) is 2.41. The Balaban J connectivity index is 2.45. The molecule has 0 amide bonds. The lowest BCUT2D eigenvalue weighted by Crippen LogP contribution is -2.07. The third-order valence-electron chi connectivity index (χ3n) is 2.09. The van der Waals surface area contributed by atoms with Crippen LogP contribution in [0.5, 0.6) is 0 Å². The van der Waals surface area contributed by atoms with Gasteiger partial charge < -0.3 is 0 Å². The highest BCUT2D eigenvalue weighted by Crippen LogP contribution is 2.07. The van der Waals surface area contributed by atoms with E-state index in [1.165, 1.54) is 5.69 Å². The standard InChI is InChI=1S/C10H19N3S/c1-9(2)7-10-8-11-12-13(10)5-3-4-6-14/h8-9,14H,3-7H2,1-2H3. The van der Waals surface area contributed by atoms with E-state index in [-0.39, 0.29) is 0 Å². The highest BCUT2D eigenvalue weighted by molar-refractivity contribution is 7.80. The third kappa shape index (κ3) is 3.70. The van der Waals surface area contributed by atoms with E-state index in [9.17, 15) is 0 Å². The van der Waals surface area contributed by atoms with E-state index in [1.54, 1.807) is 0 Å². The number of hydrogen-bond acceptors (Lipinski definition) is 3. The largest absolute Gasteiger partial charge is 0.249 e. The molecule has 14 heavy (non-hydrogen) atoms. The first-order valence-corrected chi connectivity index (χ1v) is 5.85. The highest BCUT2D eigenvalue weighted by Gasteiger charge is 2.05. The van der Waals surface area contributed by atoms with Gasteiger partial charge in [0, 0.05) is 6.54 Å². The Bertz CT molecular complexity index is 258. The molecule has 0 spiro atoms. The van der Waals surface area contributed by atoms with Gasteiger partial charge in [0.05, 0.1) is 11.9 Å². The molecule has 80 valence electrons. The number of unbranched alkanes of at least 4 members (excludes halogenated alkanes) is 1. The van der Waals surface area contributed by atoms with Crippen molar-refractivity contribution >= 4 is 12.6 Å². The molecule has 1 aromatic rings. The molecule has 0 aliphatic heterocycles. The molecule has 4 heteroatoms. The van der Waals surface area contributed by atoms with Gasteiger partial charge in [0.1, 0.15) is 0 Å². The molecular formula is C10H19N3S. The molecule has 0 saturated heterocycles. The molecule has 0 aromatic carbocycles. The zero-order chi connectivity index (χ0) is 10.4. The van der Waals surface area contributed by atoms with Crippen LogP contribution in [0.15, 0.2) is 6.20 Å². The Hall–Kier alpha value is -0.510. The Morgan fingerprint density at radius 3 is 2.86 bits per heavy atom. The molecule has 0 saturated carbocycles. The Morgan fingerprint density at radius 2 is 2.21 bits per heavy atom. The van der Waals surface area contributed by atoms with Crippen molar-refractivity contribution in [3.05, 3.63) is 11.9 Å². The number of rotatable bonds is 6. The molecule has 0 aliphatic rings. The minimum Gasteiger partial charge on any atom is -0.249 e. The van der Waals surface area contributed by atoms with Crippen molar-refractivity contribution in [2.75, 3.05) is 5.75 Å². The summed E-state index contributed by atoms with van der Waals surface area (Å²) in [6, 6.07) is 0. The second kappa shape index (κ2) is 6.06. The van der Waals surface area contributed by atoms with Crippen molar-refractivity contribution in [3.63, 3.8) is 0 Å². The summed E-state index contributed by atoms with van der Waals surface area (Å²) >= 11 is 4.19. The minimum absolute atomic E-state index is 0.664. The molecule has 1 rings (SSSR count). The van der Waals surface area contributed by atoms with E-state index in [1.807, 2.05) is 10.9 Å². The number of aromatic nitrogens is 3. The molecule has 1 heterocycles. The van der Waals surface area contributed by atoms with Crippen molar-refractivity contribution in [2.24, 2.45) is 5.92 Å². The monoisotopic (exact) mass is 213 g/mol. The quantitative estimate of drug-likeness (QED) is 0.580. The fourth-order valence-electron chi connectivity index (χ4n) is 1.42. The van der Waals surface area contributed by atoms with Gasteiger partial charge in [0.15, 0.2) is 0 Å². The molecule has 0 atom stereocenters. The van der Waals surface area contributed by atoms with Crippen LogP contribution in [-0.4, -0.2) is 20.7 Å². The van der Waals surface area contributed by atoms with Crippen LogP contribution in [0.25, 0.3) is 0 Å². The average molecular weight is 213 g/mol. The van der Waals surface area contributed by atoms with E-state index in [0.29, 0.717) is 5.92 Å². The van der Waals surface area contributed by atoms with Crippen LogP contribution in [0.3, 0.4) is 0 Å².